The lowest BCUT2D eigenvalue weighted by Gasteiger charge is -2.33. The van der Waals surface area contributed by atoms with Gasteiger partial charge in [-0.05, 0) is 68.5 Å². The molecule has 3 aliphatic rings. The quantitative estimate of drug-likeness (QED) is 0.586. The topological polar surface area (TPSA) is 83.2 Å². The predicted molar refractivity (Wildman–Crippen MR) is 141 cm³/mol. The van der Waals surface area contributed by atoms with Gasteiger partial charge in [-0.1, -0.05) is 31.4 Å². The van der Waals surface area contributed by atoms with Crippen molar-refractivity contribution < 1.29 is 9.53 Å². The van der Waals surface area contributed by atoms with E-state index >= 15 is 0 Å². The van der Waals surface area contributed by atoms with Crippen molar-refractivity contribution in [2.24, 2.45) is 16.8 Å². The van der Waals surface area contributed by atoms with Crippen LogP contribution in [-0.2, 0) is 4.74 Å². The molecule has 3 N–H and O–H groups in total. The Hall–Kier alpha value is -2.90. The van der Waals surface area contributed by atoms with Gasteiger partial charge in [-0.2, -0.15) is 5.10 Å². The van der Waals surface area contributed by atoms with E-state index in [-0.39, 0.29) is 12.1 Å². The number of fused-ring (bicyclic) bond motifs is 1. The summed E-state index contributed by atoms with van der Waals surface area (Å²) in [7, 11) is 0. The number of nitrogens with zero attached hydrogens (tertiary/aromatic N) is 3. The van der Waals surface area contributed by atoms with Crippen LogP contribution in [0.2, 0.25) is 0 Å². The Balaban J connectivity index is 1.61. The van der Waals surface area contributed by atoms with Gasteiger partial charge in [0.1, 0.15) is 0 Å². The number of nitrogens with one attached hydrogen (secondary N) is 1. The van der Waals surface area contributed by atoms with Crippen LogP contribution in [0.15, 0.2) is 47.6 Å². The highest BCUT2D eigenvalue weighted by molar-refractivity contribution is 6.14. The number of amides is 2. The molecule has 7 nitrogen and oxygen atoms in total. The molecule has 0 radical (unpaired) electrons. The SMILES string of the molecule is Cc1ccc2c(c1)N(c1ccc(NCCN)cc1)C(=O)N(C1CCOCC1)N=C2C1CCCCC1. The molecule has 0 aromatic heterocycles. The van der Waals surface area contributed by atoms with E-state index < -0.39 is 0 Å². The van der Waals surface area contributed by atoms with Gasteiger partial charge in [0.15, 0.2) is 0 Å². The largest absolute Gasteiger partial charge is 0.384 e. The van der Waals surface area contributed by atoms with Crippen molar-refractivity contribution in [2.75, 3.05) is 36.5 Å². The second-order valence-corrected chi connectivity index (χ2v) is 9.91. The van der Waals surface area contributed by atoms with Gasteiger partial charge in [0, 0.05) is 43.5 Å². The minimum atomic E-state index is -0.0859. The summed E-state index contributed by atoms with van der Waals surface area (Å²) in [4.78, 5) is 16.1. The molecule has 35 heavy (non-hydrogen) atoms. The van der Waals surface area contributed by atoms with Crippen molar-refractivity contribution in [2.45, 2.75) is 57.9 Å². The van der Waals surface area contributed by atoms with Crippen LogP contribution in [0.1, 0.15) is 56.1 Å². The first-order valence-corrected chi connectivity index (χ1v) is 13.1. The molecule has 186 valence electrons. The Labute approximate surface area is 208 Å². The van der Waals surface area contributed by atoms with Crippen molar-refractivity contribution in [3.63, 3.8) is 0 Å². The number of carbonyl (C=O) groups is 1. The lowest BCUT2D eigenvalue weighted by molar-refractivity contribution is 0.0480. The third-order valence-electron chi connectivity index (χ3n) is 7.40. The number of aryl methyl sites for hydroxylation is 1. The molecule has 1 saturated carbocycles. The lowest BCUT2D eigenvalue weighted by atomic mass is 9.82. The number of urea groups is 1. The van der Waals surface area contributed by atoms with Gasteiger partial charge < -0.3 is 15.8 Å². The van der Waals surface area contributed by atoms with E-state index in [1.165, 1.54) is 19.3 Å². The molecular weight excluding hydrogens is 438 g/mol. The Morgan fingerprint density at radius 2 is 1.77 bits per heavy atom. The third-order valence-corrected chi connectivity index (χ3v) is 7.40. The number of nitrogens with two attached hydrogens (primary N) is 1. The van der Waals surface area contributed by atoms with Gasteiger partial charge >= 0.3 is 6.03 Å². The molecule has 1 saturated heterocycles. The molecule has 2 aromatic carbocycles. The molecule has 2 aliphatic heterocycles. The van der Waals surface area contributed by atoms with E-state index in [9.17, 15) is 4.79 Å². The van der Waals surface area contributed by atoms with Crippen LogP contribution in [0, 0.1) is 12.8 Å². The first-order chi connectivity index (χ1) is 17.2. The van der Waals surface area contributed by atoms with Crippen LogP contribution in [0.4, 0.5) is 21.9 Å². The molecule has 7 heteroatoms. The van der Waals surface area contributed by atoms with E-state index in [0.29, 0.717) is 32.2 Å². The molecular formula is C28H37N5O2. The maximum absolute atomic E-state index is 14.3. The predicted octanol–water partition coefficient (Wildman–Crippen LogP) is 5.40. The molecule has 2 heterocycles. The zero-order chi connectivity index (χ0) is 24.2. The van der Waals surface area contributed by atoms with Crippen LogP contribution >= 0.6 is 0 Å². The average molecular weight is 476 g/mol. The lowest BCUT2D eigenvalue weighted by Crippen LogP contribution is -2.45. The number of rotatable bonds is 6. The number of ether oxygens (including phenoxy) is 1. The third kappa shape index (κ3) is 5.07. The average Bonchev–Trinajstić information content (AvgIpc) is 3.02. The molecule has 0 unspecified atom stereocenters. The van der Waals surface area contributed by atoms with Crippen LogP contribution in [0.3, 0.4) is 0 Å². The van der Waals surface area contributed by atoms with Gasteiger partial charge in [-0.3, -0.25) is 4.90 Å². The van der Waals surface area contributed by atoms with Gasteiger partial charge in [0.2, 0.25) is 0 Å². The Kier molecular flexibility index (Phi) is 7.35. The summed E-state index contributed by atoms with van der Waals surface area (Å²) in [6.07, 6.45) is 7.58. The maximum atomic E-state index is 14.3. The maximum Gasteiger partial charge on any atom is 0.349 e. The minimum Gasteiger partial charge on any atom is -0.384 e. The second-order valence-electron chi connectivity index (χ2n) is 9.91. The number of carbonyl (C=O) groups excluding carboxylic acids is 1. The van der Waals surface area contributed by atoms with Gasteiger partial charge in [0.25, 0.3) is 0 Å². The smallest absolute Gasteiger partial charge is 0.349 e. The molecule has 1 aliphatic carbocycles. The summed E-state index contributed by atoms with van der Waals surface area (Å²) < 4.78 is 5.62. The minimum absolute atomic E-state index is 0.0400. The van der Waals surface area contributed by atoms with Gasteiger partial charge in [-0.15, -0.1) is 0 Å². The summed E-state index contributed by atoms with van der Waals surface area (Å²) in [5.74, 6) is 0.378. The Morgan fingerprint density at radius 1 is 1.03 bits per heavy atom. The Morgan fingerprint density at radius 3 is 2.49 bits per heavy atom. The highest BCUT2D eigenvalue weighted by Crippen LogP contribution is 2.39. The first kappa shape index (κ1) is 23.8. The monoisotopic (exact) mass is 475 g/mol. The highest BCUT2D eigenvalue weighted by Gasteiger charge is 2.37. The number of hydrogen-bond acceptors (Lipinski definition) is 5. The molecule has 0 spiro atoms. The first-order valence-electron chi connectivity index (χ1n) is 13.1. The van der Waals surface area contributed by atoms with E-state index in [1.54, 1.807) is 5.01 Å². The summed E-state index contributed by atoms with van der Waals surface area (Å²) >= 11 is 0. The van der Waals surface area contributed by atoms with Crippen molar-refractivity contribution in [3.8, 4) is 0 Å². The number of hydrazone groups is 1. The summed E-state index contributed by atoms with van der Waals surface area (Å²) in [6, 6.07) is 14.5. The molecule has 2 fully saturated rings. The summed E-state index contributed by atoms with van der Waals surface area (Å²) in [5, 5.41) is 10.3. The number of hydrogen-bond donors (Lipinski definition) is 2. The molecule has 2 aromatic rings. The zero-order valence-corrected chi connectivity index (χ0v) is 20.7. The second kappa shape index (κ2) is 10.8. The fraction of sp³-hybridized carbons (Fsp3) is 0.500. The van der Waals surface area contributed by atoms with Crippen LogP contribution < -0.4 is 16.0 Å². The number of anilines is 3. The van der Waals surface area contributed by atoms with Crippen molar-refractivity contribution >= 4 is 28.8 Å². The van der Waals surface area contributed by atoms with E-state index in [0.717, 1.165) is 59.6 Å². The standard InChI is InChI=1S/C28H37N5O2/c1-20-7-12-25-26(19-20)32(23-10-8-22(9-11-23)30-16-15-29)28(34)33(24-13-17-35-18-14-24)31-27(25)21-5-3-2-4-6-21/h7-12,19,21,24,30H,2-6,13-18,29H2,1H3. The molecule has 0 bridgehead atoms. The fourth-order valence-electron chi connectivity index (χ4n) is 5.50. The van der Waals surface area contributed by atoms with Crippen LogP contribution in [0.5, 0.6) is 0 Å². The highest BCUT2D eigenvalue weighted by atomic mass is 16.5. The normalized spacial score (nSPS) is 19.8. The van der Waals surface area contributed by atoms with Gasteiger partial charge in [0.05, 0.1) is 23.1 Å². The van der Waals surface area contributed by atoms with E-state index in [4.69, 9.17) is 15.6 Å². The Bertz CT molecular complexity index is 1060. The molecule has 5 rings (SSSR count). The van der Waals surface area contributed by atoms with Crippen molar-refractivity contribution in [1.29, 1.82) is 0 Å². The van der Waals surface area contributed by atoms with E-state index in [1.807, 2.05) is 29.2 Å². The number of benzene rings is 2. The van der Waals surface area contributed by atoms with Gasteiger partial charge in [-0.25, -0.2) is 9.80 Å². The fourth-order valence-corrected chi connectivity index (χ4v) is 5.50. The van der Waals surface area contributed by atoms with Crippen LogP contribution in [0.25, 0.3) is 0 Å². The van der Waals surface area contributed by atoms with Crippen molar-refractivity contribution in [3.05, 3.63) is 53.6 Å². The van der Waals surface area contributed by atoms with Crippen LogP contribution in [-0.4, -0.2) is 49.1 Å². The molecule has 2 amide bonds. The summed E-state index contributed by atoms with van der Waals surface area (Å²) in [5.41, 5.74) is 11.7. The molecule has 0 atom stereocenters. The van der Waals surface area contributed by atoms with E-state index in [2.05, 4.69) is 30.4 Å². The van der Waals surface area contributed by atoms with Crippen molar-refractivity contribution in [1.82, 2.24) is 5.01 Å². The summed E-state index contributed by atoms with van der Waals surface area (Å²) in [6.45, 7) is 4.69. The zero-order valence-electron chi connectivity index (χ0n) is 20.7.